The van der Waals surface area contributed by atoms with E-state index in [0.717, 1.165) is 31.6 Å². The van der Waals surface area contributed by atoms with Crippen molar-refractivity contribution < 1.29 is 4.79 Å². The predicted octanol–water partition coefficient (Wildman–Crippen LogP) is 0.0635. The normalized spacial score (nSPS) is 23.7. The quantitative estimate of drug-likeness (QED) is 0.270. The number of benzene rings is 1. The van der Waals surface area contributed by atoms with Crippen molar-refractivity contribution in [3.8, 4) is 0 Å². The summed E-state index contributed by atoms with van der Waals surface area (Å²) in [5, 5.41) is 7.09. The summed E-state index contributed by atoms with van der Waals surface area (Å²) in [6.45, 7) is 10.6. The van der Waals surface area contributed by atoms with Gasteiger partial charge in [-0.25, -0.2) is 5.01 Å². The average Bonchev–Trinajstić information content (AvgIpc) is 2.90. The number of nitrogens with zero attached hydrogens (tertiary/aromatic N) is 7. The Hall–Kier alpha value is -3.10. The molecular weight excluding hydrogens is 496 g/mol. The summed E-state index contributed by atoms with van der Waals surface area (Å²) in [5.74, 6) is 1.36. The molecule has 2 aliphatic heterocycles. The number of hydrogen-bond donors (Lipinski definition) is 5. The first-order valence-electron chi connectivity index (χ1n) is 13.9. The molecule has 4 atom stereocenters. The highest BCUT2D eigenvalue weighted by Gasteiger charge is 2.29. The van der Waals surface area contributed by atoms with E-state index in [9.17, 15) is 4.79 Å². The fourth-order valence-electron chi connectivity index (χ4n) is 5.39. The average molecular weight is 541 g/mol. The van der Waals surface area contributed by atoms with Gasteiger partial charge >= 0.3 is 0 Å². The van der Waals surface area contributed by atoms with Crippen LogP contribution in [0.3, 0.4) is 0 Å². The molecule has 2 saturated heterocycles. The lowest BCUT2D eigenvalue weighted by Gasteiger charge is -2.37. The second-order valence-electron chi connectivity index (χ2n) is 10.4. The number of nitrogens with one attached hydrogen (secondary N) is 1. The maximum absolute atomic E-state index is 13.1. The van der Waals surface area contributed by atoms with Gasteiger partial charge in [-0.2, -0.15) is 15.0 Å². The van der Waals surface area contributed by atoms with Gasteiger partial charge in [-0.05, 0) is 44.0 Å². The van der Waals surface area contributed by atoms with Crippen LogP contribution in [-0.4, -0.2) is 101 Å². The van der Waals surface area contributed by atoms with Gasteiger partial charge in [0.2, 0.25) is 17.8 Å². The van der Waals surface area contributed by atoms with Crippen LogP contribution >= 0.6 is 0 Å². The van der Waals surface area contributed by atoms with E-state index in [1.165, 1.54) is 0 Å². The molecule has 0 aliphatic carbocycles. The minimum Gasteiger partial charge on any atom is -0.338 e. The highest BCUT2D eigenvalue weighted by Crippen LogP contribution is 2.24. The lowest BCUT2D eigenvalue weighted by molar-refractivity contribution is -0.00113. The van der Waals surface area contributed by atoms with Gasteiger partial charge in [-0.15, -0.1) is 0 Å². The third kappa shape index (κ3) is 7.11. The van der Waals surface area contributed by atoms with Crippen molar-refractivity contribution >= 4 is 29.4 Å². The molecule has 39 heavy (non-hydrogen) atoms. The molecule has 4 rings (SSSR count). The van der Waals surface area contributed by atoms with Gasteiger partial charge in [0.25, 0.3) is 5.91 Å². The van der Waals surface area contributed by atoms with Crippen LogP contribution < -0.4 is 38.1 Å². The van der Waals surface area contributed by atoms with Gasteiger partial charge in [0, 0.05) is 81.2 Å². The lowest BCUT2D eigenvalue weighted by Crippen LogP contribution is -2.54. The van der Waals surface area contributed by atoms with Crippen molar-refractivity contribution in [1.29, 1.82) is 0 Å². The fourth-order valence-corrected chi connectivity index (χ4v) is 5.39. The standard InChI is InChI=1S/C26H44N12O/c1-4-37(5-2)38(6-3)23(39)17-7-9-22(10-8-17)31-24-32-25(35-13-18(27)11-19(28)14-35)34-26(33-24)36-15-20(29)12-21(30)16-36/h7-10,18-21H,4-6,11-16,27-30H2,1-3H3,(H,31,32,33,34)/t18-,19+,20-,21+. The molecular formula is C26H44N12O. The zero-order chi connectivity index (χ0) is 28.1. The van der Waals surface area contributed by atoms with Crippen LogP contribution in [0.4, 0.5) is 23.5 Å². The van der Waals surface area contributed by atoms with Gasteiger partial charge in [0.1, 0.15) is 0 Å². The van der Waals surface area contributed by atoms with E-state index < -0.39 is 0 Å². The SMILES string of the molecule is CCN(CC)N(CC)C(=O)c1ccc(Nc2nc(N3C[C@H](N)C[C@H](N)C3)nc(N3C[C@H](N)C[C@H](N)C3)n2)cc1. The third-order valence-corrected chi connectivity index (χ3v) is 7.20. The topological polar surface area (TPSA) is 185 Å². The van der Waals surface area contributed by atoms with Crippen LogP contribution in [0.25, 0.3) is 0 Å². The van der Waals surface area contributed by atoms with Gasteiger partial charge in [0.15, 0.2) is 0 Å². The number of rotatable bonds is 9. The number of carbonyl (C=O) groups is 1. The summed E-state index contributed by atoms with van der Waals surface area (Å²) in [5.41, 5.74) is 26.4. The maximum atomic E-state index is 13.1. The van der Waals surface area contributed by atoms with Crippen molar-refractivity contribution in [2.24, 2.45) is 22.9 Å². The monoisotopic (exact) mass is 540 g/mol. The second-order valence-corrected chi connectivity index (χ2v) is 10.4. The highest BCUT2D eigenvalue weighted by atomic mass is 16.2. The minimum absolute atomic E-state index is 0.0342. The number of hydrogen-bond acceptors (Lipinski definition) is 12. The molecule has 13 nitrogen and oxygen atoms in total. The second kappa shape index (κ2) is 12.8. The van der Waals surface area contributed by atoms with E-state index >= 15 is 0 Å². The molecule has 1 aromatic carbocycles. The summed E-state index contributed by atoms with van der Waals surface area (Å²) in [6, 6.07) is 7.07. The molecule has 3 heterocycles. The van der Waals surface area contributed by atoms with Crippen LogP contribution in [-0.2, 0) is 0 Å². The number of piperidine rings is 2. The molecule has 0 saturated carbocycles. The molecule has 9 N–H and O–H groups in total. The Kier molecular flexibility index (Phi) is 9.51. The molecule has 2 aliphatic rings. The Bertz CT molecular complexity index is 1030. The number of nitrogens with two attached hydrogens (primary N) is 4. The van der Waals surface area contributed by atoms with E-state index in [1.807, 2.05) is 59.8 Å². The zero-order valence-corrected chi connectivity index (χ0v) is 23.3. The third-order valence-electron chi connectivity index (χ3n) is 7.20. The summed E-state index contributed by atoms with van der Waals surface area (Å²) < 4.78 is 0. The molecule has 0 unspecified atom stereocenters. The predicted molar refractivity (Wildman–Crippen MR) is 155 cm³/mol. The first-order valence-corrected chi connectivity index (χ1v) is 13.9. The van der Waals surface area contributed by atoms with Crippen LogP contribution in [0.5, 0.6) is 0 Å². The Morgan fingerprint density at radius 3 is 1.67 bits per heavy atom. The van der Waals surface area contributed by atoms with Crippen molar-refractivity contribution in [2.45, 2.75) is 57.8 Å². The van der Waals surface area contributed by atoms with Crippen molar-refractivity contribution in [1.82, 2.24) is 25.0 Å². The van der Waals surface area contributed by atoms with Crippen molar-refractivity contribution in [2.75, 3.05) is 60.9 Å². The molecule has 0 bridgehead atoms. The largest absolute Gasteiger partial charge is 0.338 e. The van der Waals surface area contributed by atoms with Crippen LogP contribution in [0.1, 0.15) is 44.0 Å². The molecule has 2 aromatic rings. The fraction of sp³-hybridized carbons (Fsp3) is 0.615. The zero-order valence-electron chi connectivity index (χ0n) is 23.3. The maximum Gasteiger partial charge on any atom is 0.268 e. The molecule has 0 spiro atoms. The molecule has 2 fully saturated rings. The first-order chi connectivity index (χ1) is 18.7. The van der Waals surface area contributed by atoms with Crippen LogP contribution in [0.15, 0.2) is 24.3 Å². The molecule has 13 heteroatoms. The van der Waals surface area contributed by atoms with Gasteiger partial charge in [0.05, 0.1) is 0 Å². The Morgan fingerprint density at radius 2 is 1.26 bits per heavy atom. The van der Waals surface area contributed by atoms with E-state index in [-0.39, 0.29) is 30.1 Å². The van der Waals surface area contributed by atoms with Gasteiger partial charge < -0.3 is 38.1 Å². The van der Waals surface area contributed by atoms with Crippen molar-refractivity contribution in [3.05, 3.63) is 29.8 Å². The number of aromatic nitrogens is 3. The van der Waals surface area contributed by atoms with E-state index in [0.29, 0.717) is 56.1 Å². The molecule has 1 aromatic heterocycles. The molecule has 1 amide bonds. The summed E-state index contributed by atoms with van der Waals surface area (Å²) in [7, 11) is 0. The Labute approximate surface area is 230 Å². The van der Waals surface area contributed by atoms with E-state index in [1.54, 1.807) is 5.01 Å². The summed E-state index contributed by atoms with van der Waals surface area (Å²) in [6.07, 6.45) is 1.51. The first kappa shape index (κ1) is 28.9. The number of anilines is 4. The number of hydrazine groups is 1. The van der Waals surface area contributed by atoms with E-state index in [2.05, 4.69) is 5.32 Å². The van der Waals surface area contributed by atoms with Gasteiger partial charge in [-0.3, -0.25) is 9.80 Å². The lowest BCUT2D eigenvalue weighted by atomic mass is 10.0. The van der Waals surface area contributed by atoms with Crippen LogP contribution in [0, 0.1) is 0 Å². The molecule has 214 valence electrons. The Balaban J connectivity index is 1.59. The van der Waals surface area contributed by atoms with E-state index in [4.69, 9.17) is 37.9 Å². The van der Waals surface area contributed by atoms with Gasteiger partial charge in [-0.1, -0.05) is 13.8 Å². The summed E-state index contributed by atoms with van der Waals surface area (Å²) in [4.78, 5) is 31.3. The van der Waals surface area contributed by atoms with Crippen LogP contribution in [0.2, 0.25) is 0 Å². The minimum atomic E-state index is -0.0636. The summed E-state index contributed by atoms with van der Waals surface area (Å²) >= 11 is 0. The smallest absolute Gasteiger partial charge is 0.268 e. The molecule has 0 radical (unpaired) electrons. The highest BCUT2D eigenvalue weighted by molar-refractivity contribution is 5.94. The number of carbonyl (C=O) groups excluding carboxylic acids is 1. The van der Waals surface area contributed by atoms with Crippen molar-refractivity contribution in [3.63, 3.8) is 0 Å². The Morgan fingerprint density at radius 1 is 0.795 bits per heavy atom. The number of amides is 1.